The minimum Gasteiger partial charge on any atom is -0.361 e. The lowest BCUT2D eigenvalue weighted by atomic mass is 9.88. The SMILES string of the molecule is CNC(=O)[C@H]1Cn2ccnc2C2(CCN(Cc3c(C)noc3C)CC2)O1. The van der Waals surface area contributed by atoms with Gasteiger partial charge in [0.25, 0.3) is 5.91 Å². The summed E-state index contributed by atoms with van der Waals surface area (Å²) in [5, 5.41) is 6.75. The molecule has 1 spiro atoms. The number of fused-ring (bicyclic) bond motifs is 2. The number of imidazole rings is 1. The van der Waals surface area contributed by atoms with Crippen molar-refractivity contribution in [3.05, 3.63) is 35.2 Å². The van der Waals surface area contributed by atoms with Gasteiger partial charge in [-0.2, -0.15) is 0 Å². The topological polar surface area (TPSA) is 85.4 Å². The van der Waals surface area contributed by atoms with Crippen LogP contribution in [0.3, 0.4) is 0 Å². The van der Waals surface area contributed by atoms with Crippen molar-refractivity contribution in [2.45, 2.75) is 51.5 Å². The lowest BCUT2D eigenvalue weighted by Crippen LogP contribution is -2.53. The van der Waals surface area contributed by atoms with Gasteiger partial charge in [0.05, 0.1) is 12.2 Å². The van der Waals surface area contributed by atoms with E-state index >= 15 is 0 Å². The zero-order valence-corrected chi connectivity index (χ0v) is 15.5. The fraction of sp³-hybridized carbons (Fsp3) is 0.611. The van der Waals surface area contributed by atoms with E-state index in [0.717, 1.165) is 55.3 Å². The van der Waals surface area contributed by atoms with Crippen molar-refractivity contribution in [1.82, 2.24) is 24.9 Å². The highest BCUT2D eigenvalue weighted by Crippen LogP contribution is 2.40. The van der Waals surface area contributed by atoms with E-state index < -0.39 is 11.7 Å². The molecule has 4 rings (SSSR count). The zero-order valence-electron chi connectivity index (χ0n) is 15.5. The highest BCUT2D eigenvalue weighted by atomic mass is 16.5. The number of likely N-dealkylation sites (tertiary alicyclic amines) is 1. The molecule has 2 aromatic rings. The number of amides is 1. The van der Waals surface area contributed by atoms with Gasteiger partial charge in [-0.05, 0) is 26.7 Å². The number of nitrogens with zero attached hydrogens (tertiary/aromatic N) is 4. The molecule has 140 valence electrons. The molecule has 2 aliphatic rings. The third-order valence-corrected chi connectivity index (χ3v) is 5.62. The number of carbonyl (C=O) groups excluding carboxylic acids is 1. The molecule has 0 radical (unpaired) electrons. The van der Waals surface area contributed by atoms with E-state index in [2.05, 4.69) is 24.9 Å². The maximum absolute atomic E-state index is 12.2. The van der Waals surface area contributed by atoms with Crippen molar-refractivity contribution in [2.75, 3.05) is 20.1 Å². The molecule has 8 nitrogen and oxygen atoms in total. The first kappa shape index (κ1) is 17.2. The number of hydrogen-bond acceptors (Lipinski definition) is 6. The molecule has 2 aromatic heterocycles. The van der Waals surface area contributed by atoms with Crippen molar-refractivity contribution in [2.24, 2.45) is 0 Å². The number of ether oxygens (including phenoxy) is 1. The zero-order chi connectivity index (χ0) is 18.3. The fourth-order valence-corrected chi connectivity index (χ4v) is 4.06. The van der Waals surface area contributed by atoms with Gasteiger partial charge >= 0.3 is 0 Å². The van der Waals surface area contributed by atoms with Gasteiger partial charge in [0.1, 0.15) is 17.2 Å². The second kappa shape index (κ2) is 6.51. The van der Waals surface area contributed by atoms with Crippen LogP contribution >= 0.6 is 0 Å². The van der Waals surface area contributed by atoms with Crippen molar-refractivity contribution >= 4 is 5.91 Å². The Morgan fingerprint density at radius 2 is 2.15 bits per heavy atom. The first-order valence-electron chi connectivity index (χ1n) is 9.07. The van der Waals surface area contributed by atoms with Crippen LogP contribution in [0.25, 0.3) is 0 Å². The van der Waals surface area contributed by atoms with E-state index in [1.54, 1.807) is 13.2 Å². The van der Waals surface area contributed by atoms with Gasteiger partial charge in [-0.1, -0.05) is 5.16 Å². The second-order valence-corrected chi connectivity index (χ2v) is 7.20. The minimum absolute atomic E-state index is 0.0816. The molecule has 4 heterocycles. The van der Waals surface area contributed by atoms with Gasteiger partial charge in [-0.25, -0.2) is 4.98 Å². The summed E-state index contributed by atoms with van der Waals surface area (Å²) in [6, 6.07) is 0. The monoisotopic (exact) mass is 359 g/mol. The number of hydrogen-bond donors (Lipinski definition) is 1. The van der Waals surface area contributed by atoms with Gasteiger partial charge in [0.2, 0.25) is 0 Å². The summed E-state index contributed by atoms with van der Waals surface area (Å²) in [5.41, 5.74) is 1.62. The van der Waals surface area contributed by atoms with Crippen LogP contribution in [0.1, 0.15) is 35.7 Å². The first-order chi connectivity index (χ1) is 12.5. The van der Waals surface area contributed by atoms with Crippen LogP contribution in [0.2, 0.25) is 0 Å². The molecule has 26 heavy (non-hydrogen) atoms. The minimum atomic E-state index is -0.492. The Hall–Kier alpha value is -2.19. The average molecular weight is 359 g/mol. The predicted molar refractivity (Wildman–Crippen MR) is 93.3 cm³/mol. The molecule has 0 bridgehead atoms. The molecule has 0 unspecified atom stereocenters. The van der Waals surface area contributed by atoms with Crippen molar-refractivity contribution in [3.63, 3.8) is 0 Å². The lowest BCUT2D eigenvalue weighted by molar-refractivity contribution is -0.173. The molecule has 8 heteroatoms. The van der Waals surface area contributed by atoms with Gasteiger partial charge in [-0.15, -0.1) is 0 Å². The van der Waals surface area contributed by atoms with Crippen LogP contribution in [0.4, 0.5) is 0 Å². The van der Waals surface area contributed by atoms with Crippen LogP contribution < -0.4 is 5.32 Å². The maximum atomic E-state index is 12.2. The van der Waals surface area contributed by atoms with E-state index in [1.807, 2.05) is 20.0 Å². The summed E-state index contributed by atoms with van der Waals surface area (Å²) in [5.74, 6) is 1.74. The van der Waals surface area contributed by atoms with Gasteiger partial charge in [-0.3, -0.25) is 9.69 Å². The average Bonchev–Trinajstić information content (AvgIpc) is 3.25. The Morgan fingerprint density at radius 1 is 1.38 bits per heavy atom. The van der Waals surface area contributed by atoms with E-state index in [9.17, 15) is 4.79 Å². The molecular formula is C18H25N5O3. The Morgan fingerprint density at radius 3 is 2.81 bits per heavy atom. The van der Waals surface area contributed by atoms with Crippen LogP contribution in [-0.4, -0.2) is 51.8 Å². The van der Waals surface area contributed by atoms with Gasteiger partial charge < -0.3 is 19.1 Å². The van der Waals surface area contributed by atoms with Crippen molar-refractivity contribution in [3.8, 4) is 0 Å². The van der Waals surface area contributed by atoms with Crippen LogP contribution in [0.15, 0.2) is 16.9 Å². The molecule has 1 saturated heterocycles. The van der Waals surface area contributed by atoms with Gasteiger partial charge in [0.15, 0.2) is 6.10 Å². The Kier molecular flexibility index (Phi) is 4.32. The largest absolute Gasteiger partial charge is 0.361 e. The van der Waals surface area contributed by atoms with E-state index in [4.69, 9.17) is 9.26 Å². The number of aromatic nitrogens is 3. The Labute approximate surface area is 152 Å². The van der Waals surface area contributed by atoms with E-state index in [-0.39, 0.29) is 5.91 Å². The molecule has 0 saturated carbocycles. The summed E-state index contributed by atoms with van der Waals surface area (Å²) in [4.78, 5) is 19.1. The number of nitrogens with one attached hydrogen (secondary N) is 1. The molecule has 1 amide bonds. The Balaban J connectivity index is 1.51. The number of rotatable bonds is 3. The molecule has 2 aliphatic heterocycles. The second-order valence-electron chi connectivity index (χ2n) is 7.20. The van der Waals surface area contributed by atoms with Crippen LogP contribution in [-0.2, 0) is 28.2 Å². The third-order valence-electron chi connectivity index (χ3n) is 5.62. The summed E-state index contributed by atoms with van der Waals surface area (Å²) in [6.45, 7) is 7.01. The molecule has 0 aromatic carbocycles. The third kappa shape index (κ3) is 2.83. The summed E-state index contributed by atoms with van der Waals surface area (Å²) in [6.07, 6.45) is 4.87. The highest BCUT2D eigenvalue weighted by Gasteiger charge is 2.47. The predicted octanol–water partition coefficient (Wildman–Crippen LogP) is 1.12. The quantitative estimate of drug-likeness (QED) is 0.884. The smallest absolute Gasteiger partial charge is 0.250 e. The Bertz CT molecular complexity index is 784. The number of likely N-dealkylation sites (N-methyl/N-ethyl adjacent to an activating group) is 1. The van der Waals surface area contributed by atoms with Crippen LogP contribution in [0, 0.1) is 13.8 Å². The van der Waals surface area contributed by atoms with E-state index in [0.29, 0.717) is 6.54 Å². The first-order valence-corrected chi connectivity index (χ1v) is 9.07. The maximum Gasteiger partial charge on any atom is 0.250 e. The molecular weight excluding hydrogens is 334 g/mol. The number of carbonyl (C=O) groups is 1. The lowest BCUT2D eigenvalue weighted by Gasteiger charge is -2.45. The summed E-state index contributed by atoms with van der Waals surface area (Å²) < 4.78 is 13.7. The van der Waals surface area contributed by atoms with E-state index in [1.165, 1.54) is 0 Å². The fourth-order valence-electron chi connectivity index (χ4n) is 4.06. The summed E-state index contributed by atoms with van der Waals surface area (Å²) >= 11 is 0. The number of piperidine rings is 1. The van der Waals surface area contributed by atoms with Crippen molar-refractivity contribution < 1.29 is 14.1 Å². The highest BCUT2D eigenvalue weighted by molar-refractivity contribution is 5.80. The molecule has 0 aliphatic carbocycles. The standard InChI is InChI=1S/C18H25N5O3/c1-12-14(13(2)26-21-12)10-22-7-4-18(5-8-22)17-20-6-9-23(17)11-15(25-18)16(24)19-3/h6,9,15H,4-5,7-8,10-11H2,1-3H3,(H,19,24)/t15-/m1/s1. The molecule has 1 N–H and O–H groups in total. The molecule has 1 fully saturated rings. The normalized spacial score (nSPS) is 22.3. The molecule has 1 atom stereocenters. The van der Waals surface area contributed by atoms with Gasteiger partial charge in [0, 0.05) is 44.6 Å². The summed E-state index contributed by atoms with van der Waals surface area (Å²) in [7, 11) is 1.65. The number of aryl methyl sites for hydroxylation is 2. The van der Waals surface area contributed by atoms with Crippen molar-refractivity contribution in [1.29, 1.82) is 0 Å². The van der Waals surface area contributed by atoms with Crippen LogP contribution in [0.5, 0.6) is 0 Å².